The van der Waals surface area contributed by atoms with Crippen LogP contribution in [0.3, 0.4) is 0 Å². The largest absolute Gasteiger partial charge is 0.493 e. The fourth-order valence-corrected chi connectivity index (χ4v) is 3.67. The van der Waals surface area contributed by atoms with Crippen molar-refractivity contribution in [2.75, 3.05) is 19.0 Å². The van der Waals surface area contributed by atoms with Crippen LogP contribution in [-0.2, 0) is 9.53 Å². The Hall–Kier alpha value is -4.16. The van der Waals surface area contributed by atoms with E-state index in [1.54, 1.807) is 5.38 Å². The summed E-state index contributed by atoms with van der Waals surface area (Å²) in [5.74, 6) is -2.10. The lowest BCUT2D eigenvalue weighted by molar-refractivity contribution is -0.385. The molecule has 0 aliphatic heterocycles. The summed E-state index contributed by atoms with van der Waals surface area (Å²) in [6, 6.07) is 9.35. The molecule has 0 aliphatic rings. The molecule has 0 bridgehead atoms. The van der Waals surface area contributed by atoms with Gasteiger partial charge in [0.15, 0.2) is 18.1 Å². The Morgan fingerprint density at radius 2 is 1.85 bits per heavy atom. The Labute approximate surface area is 201 Å². The number of nitro groups is 1. The van der Waals surface area contributed by atoms with Gasteiger partial charge in [-0.05, 0) is 41.8 Å². The van der Waals surface area contributed by atoms with Crippen molar-refractivity contribution in [1.29, 1.82) is 0 Å². The molecule has 0 saturated heterocycles. The highest BCUT2D eigenvalue weighted by atomic mass is 35.5. The number of ether oxygens (including phenoxy) is 3. The second kappa shape index (κ2) is 10.6. The smallest absolute Gasteiger partial charge is 0.338 e. The summed E-state index contributed by atoms with van der Waals surface area (Å²) in [4.78, 5) is 46.4. The molecule has 2 aromatic carbocycles. The number of methoxy groups -OCH3 is 1. The molecular weight excluding hydrogens is 490 g/mol. The molecule has 13 heteroatoms. The van der Waals surface area contributed by atoms with Gasteiger partial charge < -0.3 is 25.3 Å². The third kappa shape index (κ3) is 5.79. The van der Waals surface area contributed by atoms with E-state index in [1.807, 2.05) is 0 Å². The summed E-state index contributed by atoms with van der Waals surface area (Å²) in [7, 11) is 1.32. The van der Waals surface area contributed by atoms with Crippen molar-refractivity contribution < 1.29 is 33.5 Å². The van der Waals surface area contributed by atoms with Crippen LogP contribution in [0.5, 0.6) is 17.2 Å². The highest BCUT2D eigenvalue weighted by Crippen LogP contribution is 2.38. The van der Waals surface area contributed by atoms with Crippen molar-refractivity contribution in [3.8, 4) is 17.2 Å². The lowest BCUT2D eigenvalue weighted by Gasteiger charge is -2.12. The van der Waals surface area contributed by atoms with Crippen LogP contribution in [0, 0.1) is 10.1 Å². The van der Waals surface area contributed by atoms with Gasteiger partial charge >= 0.3 is 11.7 Å². The van der Waals surface area contributed by atoms with Crippen LogP contribution >= 0.6 is 22.9 Å². The standard InChI is InChI=1S/C21H16ClN3O8S/c1-31-17-8-11(2-4-16(17)33-15-5-3-12(22)9-14(15)25(29)30)21(28)32-10-18(26)24-20-13(19(23)27)6-7-34-20/h2-9H,10H2,1H3,(H2,23,27)(H,24,26). The molecule has 11 nitrogen and oxygen atoms in total. The SMILES string of the molecule is COc1cc(C(=O)OCC(=O)Nc2sccc2C(N)=O)ccc1Oc1ccc(Cl)cc1[N+](=O)[O-]. The number of nitrogens with two attached hydrogens (primary N) is 1. The zero-order valence-corrected chi connectivity index (χ0v) is 19.0. The number of nitrogens with one attached hydrogen (secondary N) is 1. The molecule has 0 atom stereocenters. The third-order valence-corrected chi connectivity index (χ3v) is 5.32. The van der Waals surface area contributed by atoms with E-state index in [2.05, 4.69) is 5.32 Å². The van der Waals surface area contributed by atoms with Crippen molar-refractivity contribution >= 4 is 51.4 Å². The topological polar surface area (TPSA) is 160 Å². The molecular formula is C21H16ClN3O8S. The number of esters is 1. The highest BCUT2D eigenvalue weighted by Gasteiger charge is 2.20. The van der Waals surface area contributed by atoms with Crippen LogP contribution < -0.4 is 20.5 Å². The minimum Gasteiger partial charge on any atom is -0.493 e. The summed E-state index contributed by atoms with van der Waals surface area (Å²) < 4.78 is 15.8. The van der Waals surface area contributed by atoms with Gasteiger partial charge in [0.25, 0.3) is 11.8 Å². The summed E-state index contributed by atoms with van der Waals surface area (Å²) in [6.07, 6.45) is 0. The minimum atomic E-state index is -0.834. The summed E-state index contributed by atoms with van der Waals surface area (Å²) in [5, 5.41) is 15.7. The number of halogens is 1. The number of carbonyl (C=O) groups excluding carboxylic acids is 3. The van der Waals surface area contributed by atoms with Gasteiger partial charge in [0, 0.05) is 11.1 Å². The Balaban J connectivity index is 1.68. The summed E-state index contributed by atoms with van der Waals surface area (Å²) in [6.45, 7) is -0.619. The van der Waals surface area contributed by atoms with Crippen LogP contribution in [0.25, 0.3) is 0 Å². The van der Waals surface area contributed by atoms with Gasteiger partial charge in [0.05, 0.1) is 23.2 Å². The number of carbonyl (C=O) groups is 3. The van der Waals surface area contributed by atoms with Crippen LogP contribution in [0.15, 0.2) is 47.8 Å². The molecule has 0 radical (unpaired) electrons. The van der Waals surface area contributed by atoms with E-state index in [0.717, 1.165) is 17.4 Å². The molecule has 34 heavy (non-hydrogen) atoms. The maximum absolute atomic E-state index is 12.4. The molecule has 1 aromatic heterocycles. The monoisotopic (exact) mass is 505 g/mol. The first-order valence-electron chi connectivity index (χ1n) is 9.33. The van der Waals surface area contributed by atoms with E-state index in [1.165, 1.54) is 43.5 Å². The van der Waals surface area contributed by atoms with Crippen molar-refractivity contribution in [3.05, 3.63) is 74.1 Å². The van der Waals surface area contributed by atoms with Gasteiger partial charge in [-0.3, -0.25) is 19.7 Å². The minimum absolute atomic E-state index is 0.0385. The van der Waals surface area contributed by atoms with Crippen LogP contribution in [0.4, 0.5) is 10.7 Å². The van der Waals surface area contributed by atoms with Crippen molar-refractivity contribution in [1.82, 2.24) is 0 Å². The number of amides is 2. The molecule has 0 fully saturated rings. The lowest BCUT2D eigenvalue weighted by Crippen LogP contribution is -2.22. The van der Waals surface area contributed by atoms with Crippen LogP contribution in [0.1, 0.15) is 20.7 Å². The van der Waals surface area contributed by atoms with Crippen molar-refractivity contribution in [2.45, 2.75) is 0 Å². The van der Waals surface area contributed by atoms with Gasteiger partial charge in [0.2, 0.25) is 5.75 Å². The van der Waals surface area contributed by atoms with Gasteiger partial charge in [-0.1, -0.05) is 11.6 Å². The normalized spacial score (nSPS) is 10.3. The number of nitrogens with zero attached hydrogens (tertiary/aromatic N) is 1. The third-order valence-electron chi connectivity index (χ3n) is 4.25. The first kappa shape index (κ1) is 24.5. The average Bonchev–Trinajstić information content (AvgIpc) is 3.27. The van der Waals surface area contributed by atoms with E-state index in [0.29, 0.717) is 0 Å². The maximum Gasteiger partial charge on any atom is 0.338 e. The Kier molecular flexibility index (Phi) is 7.66. The van der Waals surface area contributed by atoms with E-state index < -0.39 is 29.3 Å². The second-order valence-electron chi connectivity index (χ2n) is 6.49. The van der Waals surface area contributed by atoms with Crippen LogP contribution in [-0.4, -0.2) is 36.4 Å². The van der Waals surface area contributed by atoms with Gasteiger partial charge in [-0.25, -0.2) is 4.79 Å². The molecule has 2 amide bonds. The molecule has 1 heterocycles. The molecule has 0 aliphatic carbocycles. The van der Waals surface area contributed by atoms with Gasteiger partial charge in [-0.15, -0.1) is 11.3 Å². The average molecular weight is 506 g/mol. The number of anilines is 1. The Morgan fingerprint density at radius 1 is 1.12 bits per heavy atom. The molecule has 176 valence electrons. The van der Waals surface area contributed by atoms with E-state index >= 15 is 0 Å². The predicted molar refractivity (Wildman–Crippen MR) is 123 cm³/mol. The highest BCUT2D eigenvalue weighted by molar-refractivity contribution is 7.14. The first-order valence-corrected chi connectivity index (χ1v) is 10.6. The molecule has 3 rings (SSSR count). The van der Waals surface area contributed by atoms with Gasteiger partial charge in [-0.2, -0.15) is 0 Å². The Morgan fingerprint density at radius 3 is 2.53 bits per heavy atom. The first-order chi connectivity index (χ1) is 16.2. The number of hydrogen-bond acceptors (Lipinski definition) is 9. The lowest BCUT2D eigenvalue weighted by atomic mass is 10.2. The number of benzene rings is 2. The fraction of sp³-hybridized carbons (Fsp3) is 0.0952. The number of primary amides is 1. The number of hydrogen-bond donors (Lipinski definition) is 2. The second-order valence-corrected chi connectivity index (χ2v) is 7.84. The quantitative estimate of drug-likeness (QED) is 0.250. The zero-order chi connectivity index (χ0) is 24.8. The summed E-state index contributed by atoms with van der Waals surface area (Å²) in [5.41, 5.74) is 5.05. The number of rotatable bonds is 9. The number of thiophene rings is 1. The molecule has 0 saturated carbocycles. The molecule has 3 aromatic rings. The van der Waals surface area contributed by atoms with Crippen molar-refractivity contribution in [3.63, 3.8) is 0 Å². The van der Waals surface area contributed by atoms with E-state index in [-0.39, 0.29) is 44.1 Å². The van der Waals surface area contributed by atoms with Crippen LogP contribution in [0.2, 0.25) is 5.02 Å². The summed E-state index contributed by atoms with van der Waals surface area (Å²) >= 11 is 6.90. The fourth-order valence-electron chi connectivity index (χ4n) is 2.69. The Bertz CT molecular complexity index is 1280. The maximum atomic E-state index is 12.4. The van der Waals surface area contributed by atoms with Gasteiger partial charge in [0.1, 0.15) is 5.00 Å². The zero-order valence-electron chi connectivity index (χ0n) is 17.4. The van der Waals surface area contributed by atoms with Crippen molar-refractivity contribution in [2.24, 2.45) is 5.73 Å². The van der Waals surface area contributed by atoms with E-state index in [9.17, 15) is 24.5 Å². The van der Waals surface area contributed by atoms with E-state index in [4.69, 9.17) is 31.5 Å². The predicted octanol–water partition coefficient (Wildman–Crippen LogP) is 4.01. The molecule has 0 spiro atoms. The number of nitro benzene ring substituents is 1. The molecule has 0 unspecified atom stereocenters. The molecule has 3 N–H and O–H groups in total.